The minimum atomic E-state index is -0.269. The predicted molar refractivity (Wildman–Crippen MR) is 134 cm³/mol. The number of imidazole rings is 1. The zero-order valence-corrected chi connectivity index (χ0v) is 21.2. The van der Waals surface area contributed by atoms with Gasteiger partial charge in [-0.05, 0) is 74.6 Å². The number of nitrogens with zero attached hydrogens (tertiary/aromatic N) is 3. The number of piperidine rings is 1. The number of benzene rings is 2. The monoisotopic (exact) mass is 501 g/mol. The standard InChI is InChI=1S/C26H29Cl2N3O3/c1-4-34-26(33)19-6-5-9-30(14-19)25(32)15-31-23-11-17(3)16(2)10-22(23)29-24(31)12-18-7-8-20(27)13-21(18)28/h7-8,10-11,13,19H,4-6,9,12,14-15H2,1-3H3. The van der Waals surface area contributed by atoms with Gasteiger partial charge in [-0.25, -0.2) is 4.98 Å². The zero-order chi connectivity index (χ0) is 24.4. The molecule has 1 atom stereocenters. The molecule has 0 bridgehead atoms. The van der Waals surface area contributed by atoms with E-state index in [4.69, 9.17) is 32.9 Å². The highest BCUT2D eigenvalue weighted by atomic mass is 35.5. The van der Waals surface area contributed by atoms with Crippen molar-refractivity contribution in [1.82, 2.24) is 14.5 Å². The Labute approximate surface area is 209 Å². The summed E-state index contributed by atoms with van der Waals surface area (Å²) in [6, 6.07) is 9.54. The van der Waals surface area contributed by atoms with E-state index in [2.05, 4.69) is 26.0 Å². The van der Waals surface area contributed by atoms with Crippen LogP contribution in [0.1, 0.15) is 42.3 Å². The third-order valence-corrected chi connectivity index (χ3v) is 7.08. The van der Waals surface area contributed by atoms with Crippen LogP contribution in [0.5, 0.6) is 0 Å². The van der Waals surface area contributed by atoms with Crippen LogP contribution in [0.25, 0.3) is 11.0 Å². The normalized spacial score (nSPS) is 16.1. The Hall–Kier alpha value is -2.57. The fourth-order valence-electron chi connectivity index (χ4n) is 4.47. The number of likely N-dealkylation sites (tertiary alicyclic amines) is 1. The summed E-state index contributed by atoms with van der Waals surface area (Å²) >= 11 is 12.5. The number of esters is 1. The lowest BCUT2D eigenvalue weighted by Gasteiger charge is -2.31. The van der Waals surface area contributed by atoms with Gasteiger partial charge in [-0.2, -0.15) is 0 Å². The van der Waals surface area contributed by atoms with Gasteiger partial charge >= 0.3 is 5.97 Å². The van der Waals surface area contributed by atoms with E-state index in [-0.39, 0.29) is 24.3 Å². The first-order valence-corrected chi connectivity index (χ1v) is 12.4. The Bertz CT molecular complexity index is 1240. The highest BCUT2D eigenvalue weighted by Crippen LogP contribution is 2.27. The van der Waals surface area contributed by atoms with Crippen LogP contribution in [0.4, 0.5) is 0 Å². The van der Waals surface area contributed by atoms with Crippen LogP contribution in [0.2, 0.25) is 10.0 Å². The Morgan fingerprint density at radius 2 is 1.91 bits per heavy atom. The largest absolute Gasteiger partial charge is 0.466 e. The summed E-state index contributed by atoms with van der Waals surface area (Å²) in [4.78, 5) is 32.3. The summed E-state index contributed by atoms with van der Waals surface area (Å²) < 4.78 is 7.16. The van der Waals surface area contributed by atoms with E-state index in [9.17, 15) is 9.59 Å². The first-order valence-electron chi connectivity index (χ1n) is 11.6. The maximum atomic E-state index is 13.4. The minimum absolute atomic E-state index is 0.0324. The van der Waals surface area contributed by atoms with E-state index >= 15 is 0 Å². The fourth-order valence-corrected chi connectivity index (χ4v) is 4.94. The van der Waals surface area contributed by atoms with Gasteiger partial charge in [0, 0.05) is 29.6 Å². The van der Waals surface area contributed by atoms with Crippen molar-refractivity contribution in [3.05, 3.63) is 62.9 Å². The molecule has 1 aliphatic rings. The van der Waals surface area contributed by atoms with Gasteiger partial charge in [-0.1, -0.05) is 29.3 Å². The molecular formula is C26H29Cl2N3O3. The number of hydrogen-bond donors (Lipinski definition) is 0. The summed E-state index contributed by atoms with van der Waals surface area (Å²) in [5.41, 5.74) is 4.93. The smallest absolute Gasteiger partial charge is 0.310 e. The summed E-state index contributed by atoms with van der Waals surface area (Å²) in [5, 5.41) is 1.14. The van der Waals surface area contributed by atoms with Crippen molar-refractivity contribution in [2.75, 3.05) is 19.7 Å². The molecule has 2 aromatic carbocycles. The molecule has 0 saturated carbocycles. The average Bonchev–Trinajstić information content (AvgIpc) is 3.12. The maximum absolute atomic E-state index is 13.4. The van der Waals surface area contributed by atoms with Gasteiger partial charge in [0.15, 0.2) is 0 Å². The highest BCUT2D eigenvalue weighted by molar-refractivity contribution is 6.35. The van der Waals surface area contributed by atoms with Crippen LogP contribution >= 0.6 is 23.2 Å². The van der Waals surface area contributed by atoms with Crippen molar-refractivity contribution < 1.29 is 14.3 Å². The molecule has 1 unspecified atom stereocenters. The van der Waals surface area contributed by atoms with Crippen molar-refractivity contribution >= 4 is 46.1 Å². The molecule has 0 spiro atoms. The van der Waals surface area contributed by atoms with E-state index in [0.29, 0.717) is 36.2 Å². The second-order valence-electron chi connectivity index (χ2n) is 8.88. The lowest BCUT2D eigenvalue weighted by molar-refractivity contribution is -0.151. The molecule has 2 heterocycles. The Kier molecular flexibility index (Phi) is 7.48. The zero-order valence-electron chi connectivity index (χ0n) is 19.7. The van der Waals surface area contributed by atoms with E-state index in [1.54, 1.807) is 24.0 Å². The number of amides is 1. The van der Waals surface area contributed by atoms with Gasteiger partial charge in [0.1, 0.15) is 12.4 Å². The molecule has 180 valence electrons. The summed E-state index contributed by atoms with van der Waals surface area (Å²) in [7, 11) is 0. The van der Waals surface area contributed by atoms with E-state index < -0.39 is 0 Å². The third kappa shape index (κ3) is 5.23. The Morgan fingerprint density at radius 1 is 1.15 bits per heavy atom. The number of aryl methyl sites for hydroxylation is 2. The van der Waals surface area contributed by atoms with Crippen LogP contribution < -0.4 is 0 Å². The topological polar surface area (TPSA) is 64.4 Å². The van der Waals surface area contributed by atoms with Gasteiger partial charge < -0.3 is 14.2 Å². The number of halogens is 2. The molecule has 3 aromatic rings. The first-order chi connectivity index (χ1) is 16.3. The number of hydrogen-bond acceptors (Lipinski definition) is 4. The number of fused-ring (bicyclic) bond motifs is 1. The number of aromatic nitrogens is 2. The predicted octanol–water partition coefficient (Wildman–Crippen LogP) is 5.35. The molecule has 4 rings (SSSR count). The second-order valence-corrected chi connectivity index (χ2v) is 9.73. The van der Waals surface area contributed by atoms with Crippen LogP contribution in [0.15, 0.2) is 30.3 Å². The molecule has 1 aromatic heterocycles. The number of rotatable bonds is 6. The van der Waals surface area contributed by atoms with Gasteiger partial charge in [-0.3, -0.25) is 9.59 Å². The number of carbonyl (C=O) groups excluding carboxylic acids is 2. The second kappa shape index (κ2) is 10.4. The number of carbonyl (C=O) groups is 2. The summed E-state index contributed by atoms with van der Waals surface area (Å²) in [5.74, 6) is 0.234. The van der Waals surface area contributed by atoms with Crippen LogP contribution in [-0.2, 0) is 27.3 Å². The molecule has 8 heteroatoms. The summed E-state index contributed by atoms with van der Waals surface area (Å²) in [6.07, 6.45) is 2.00. The van der Waals surface area contributed by atoms with Gasteiger partial charge in [0.2, 0.25) is 5.91 Å². The molecule has 1 saturated heterocycles. The van der Waals surface area contributed by atoms with Gasteiger partial charge in [0.05, 0.1) is 23.6 Å². The van der Waals surface area contributed by atoms with Crippen molar-refractivity contribution in [3.8, 4) is 0 Å². The summed E-state index contributed by atoms with van der Waals surface area (Å²) in [6.45, 7) is 7.43. The molecule has 0 N–H and O–H groups in total. The molecule has 1 amide bonds. The Morgan fingerprint density at radius 3 is 2.65 bits per heavy atom. The molecule has 0 aliphatic carbocycles. The van der Waals surface area contributed by atoms with Gasteiger partial charge in [-0.15, -0.1) is 0 Å². The SMILES string of the molecule is CCOC(=O)C1CCCN(C(=O)Cn2c(Cc3ccc(Cl)cc3Cl)nc3cc(C)c(C)cc32)C1. The van der Waals surface area contributed by atoms with Crippen LogP contribution in [0.3, 0.4) is 0 Å². The lowest BCUT2D eigenvalue weighted by Crippen LogP contribution is -2.44. The quantitative estimate of drug-likeness (QED) is 0.426. The van der Waals surface area contributed by atoms with Crippen LogP contribution in [-0.4, -0.2) is 46.0 Å². The van der Waals surface area contributed by atoms with Gasteiger partial charge in [0.25, 0.3) is 0 Å². The third-order valence-electron chi connectivity index (χ3n) is 6.49. The molecule has 0 radical (unpaired) electrons. The fraction of sp³-hybridized carbons (Fsp3) is 0.423. The molecule has 1 aliphatic heterocycles. The molecule has 34 heavy (non-hydrogen) atoms. The van der Waals surface area contributed by atoms with Crippen LogP contribution in [0, 0.1) is 19.8 Å². The molecule has 1 fully saturated rings. The average molecular weight is 502 g/mol. The number of ether oxygens (including phenoxy) is 1. The highest BCUT2D eigenvalue weighted by Gasteiger charge is 2.30. The molecular weight excluding hydrogens is 473 g/mol. The van der Waals surface area contributed by atoms with E-state index in [1.165, 1.54) is 0 Å². The molecule has 6 nitrogen and oxygen atoms in total. The van der Waals surface area contributed by atoms with Crippen molar-refractivity contribution in [3.63, 3.8) is 0 Å². The Balaban J connectivity index is 1.65. The van der Waals surface area contributed by atoms with Crippen molar-refractivity contribution in [2.45, 2.75) is 46.6 Å². The van der Waals surface area contributed by atoms with Crippen molar-refractivity contribution in [1.29, 1.82) is 0 Å². The maximum Gasteiger partial charge on any atom is 0.310 e. The lowest BCUT2D eigenvalue weighted by atomic mass is 9.98. The minimum Gasteiger partial charge on any atom is -0.466 e. The van der Waals surface area contributed by atoms with E-state index in [1.807, 2.05) is 10.6 Å². The van der Waals surface area contributed by atoms with E-state index in [0.717, 1.165) is 46.4 Å². The first kappa shape index (κ1) is 24.6. The van der Waals surface area contributed by atoms with Crippen molar-refractivity contribution in [2.24, 2.45) is 5.92 Å².